The van der Waals surface area contributed by atoms with E-state index in [0.717, 1.165) is 11.3 Å². The van der Waals surface area contributed by atoms with Crippen LogP contribution in [-0.4, -0.2) is 0 Å². The number of allylic oxidation sites excluding steroid dienone is 2. The van der Waals surface area contributed by atoms with E-state index in [1.807, 2.05) is 13.8 Å². The summed E-state index contributed by atoms with van der Waals surface area (Å²) in [6.45, 7) is 8.15. The molecule has 0 aliphatic heterocycles. The average molecular weight is 162 g/mol. The Bertz CT molecular complexity index is 121. The Morgan fingerprint density at radius 1 is 1.50 bits per heavy atom. The van der Waals surface area contributed by atoms with E-state index in [-0.39, 0.29) is 0 Å². The number of rotatable bonds is 3. The molecular weight excluding hydrogens is 147 g/mol. The SMILES string of the molecule is CC/C(SF)=C(\C)C(C)C. The first kappa shape index (κ1) is 10.0. The van der Waals surface area contributed by atoms with Crippen LogP contribution in [0.5, 0.6) is 0 Å². The van der Waals surface area contributed by atoms with E-state index >= 15 is 0 Å². The molecule has 0 aliphatic carbocycles. The zero-order valence-corrected chi connectivity index (χ0v) is 7.89. The van der Waals surface area contributed by atoms with Gasteiger partial charge < -0.3 is 0 Å². The molecule has 0 spiro atoms. The van der Waals surface area contributed by atoms with Crippen LogP contribution in [0.15, 0.2) is 10.5 Å². The number of hydrogen-bond donors (Lipinski definition) is 0. The first-order valence-electron chi connectivity index (χ1n) is 3.61. The van der Waals surface area contributed by atoms with Crippen molar-refractivity contribution < 1.29 is 3.89 Å². The second kappa shape index (κ2) is 4.78. The monoisotopic (exact) mass is 162 g/mol. The molecule has 10 heavy (non-hydrogen) atoms. The Hall–Kier alpha value is 0.0200. The molecule has 0 radical (unpaired) electrons. The van der Waals surface area contributed by atoms with E-state index in [4.69, 9.17) is 0 Å². The van der Waals surface area contributed by atoms with Crippen molar-refractivity contribution in [2.75, 3.05) is 0 Å². The van der Waals surface area contributed by atoms with Crippen LogP contribution < -0.4 is 0 Å². The van der Waals surface area contributed by atoms with E-state index in [0.29, 0.717) is 18.1 Å². The quantitative estimate of drug-likeness (QED) is 0.605. The van der Waals surface area contributed by atoms with Gasteiger partial charge in [-0.1, -0.05) is 26.3 Å². The minimum atomic E-state index is 0.386. The molecule has 2 heteroatoms. The molecule has 0 aliphatic rings. The van der Waals surface area contributed by atoms with Gasteiger partial charge in [-0.2, -0.15) is 3.89 Å². The third kappa shape index (κ3) is 2.74. The molecule has 0 fully saturated rings. The molecule has 0 unspecified atom stereocenters. The lowest BCUT2D eigenvalue weighted by Gasteiger charge is -2.08. The van der Waals surface area contributed by atoms with Gasteiger partial charge in [-0.05, 0) is 19.3 Å². The van der Waals surface area contributed by atoms with E-state index in [1.54, 1.807) is 0 Å². The van der Waals surface area contributed by atoms with Crippen LogP contribution in [0.1, 0.15) is 34.1 Å². The lowest BCUT2D eigenvalue weighted by atomic mass is 10.0. The highest BCUT2D eigenvalue weighted by atomic mass is 32.2. The standard InChI is InChI=1S/C8H15FS/c1-5-8(10-9)7(4)6(2)3/h6H,5H2,1-4H3/b8-7-. The minimum absolute atomic E-state index is 0.386. The predicted octanol–water partition coefficient (Wildman–Crippen LogP) is 3.94. The maximum atomic E-state index is 12.1. The van der Waals surface area contributed by atoms with Crippen molar-refractivity contribution in [2.45, 2.75) is 34.1 Å². The molecular formula is C8H15FS. The molecule has 0 atom stereocenters. The van der Waals surface area contributed by atoms with Gasteiger partial charge in [0.05, 0.1) is 12.1 Å². The van der Waals surface area contributed by atoms with Crippen LogP contribution in [0.2, 0.25) is 0 Å². The minimum Gasteiger partial charge on any atom is -0.160 e. The van der Waals surface area contributed by atoms with Crippen molar-refractivity contribution in [3.63, 3.8) is 0 Å². The summed E-state index contributed by atoms with van der Waals surface area (Å²) in [7, 11) is 0. The topological polar surface area (TPSA) is 0 Å². The summed E-state index contributed by atoms with van der Waals surface area (Å²) in [6.07, 6.45) is 0.811. The number of halogens is 1. The predicted molar refractivity (Wildman–Crippen MR) is 46.5 cm³/mol. The maximum absolute atomic E-state index is 12.1. The molecule has 0 saturated heterocycles. The Morgan fingerprint density at radius 3 is 2.10 bits per heavy atom. The van der Waals surface area contributed by atoms with E-state index in [9.17, 15) is 3.89 Å². The fourth-order valence-corrected chi connectivity index (χ4v) is 1.18. The lowest BCUT2D eigenvalue weighted by Crippen LogP contribution is -1.91. The summed E-state index contributed by atoms with van der Waals surface area (Å²) in [6, 6.07) is 0. The van der Waals surface area contributed by atoms with Gasteiger partial charge >= 0.3 is 0 Å². The normalized spacial score (nSPS) is 13.8. The summed E-state index contributed by atoms with van der Waals surface area (Å²) < 4.78 is 12.1. The van der Waals surface area contributed by atoms with E-state index in [2.05, 4.69) is 13.8 Å². The van der Waals surface area contributed by atoms with Gasteiger partial charge in [-0.15, -0.1) is 0 Å². The molecule has 0 amide bonds. The summed E-state index contributed by atoms with van der Waals surface area (Å²) in [5.41, 5.74) is 1.18. The smallest absolute Gasteiger partial charge is 0.0766 e. The van der Waals surface area contributed by atoms with Crippen molar-refractivity contribution in [3.05, 3.63) is 10.5 Å². The maximum Gasteiger partial charge on any atom is 0.0766 e. The molecule has 60 valence electrons. The van der Waals surface area contributed by atoms with E-state index < -0.39 is 0 Å². The Morgan fingerprint density at radius 2 is 2.00 bits per heavy atom. The molecule has 0 bridgehead atoms. The highest BCUT2D eigenvalue weighted by Crippen LogP contribution is 2.27. The molecule has 0 aromatic rings. The summed E-state index contributed by atoms with van der Waals surface area (Å²) in [5, 5.41) is 0. The van der Waals surface area contributed by atoms with Gasteiger partial charge in [0.2, 0.25) is 0 Å². The van der Waals surface area contributed by atoms with Crippen molar-refractivity contribution >= 4 is 12.1 Å². The zero-order valence-electron chi connectivity index (χ0n) is 7.07. The highest BCUT2D eigenvalue weighted by molar-refractivity contribution is 7.98. The Labute approximate surface area is 67.2 Å². The van der Waals surface area contributed by atoms with Crippen LogP contribution in [0.4, 0.5) is 3.89 Å². The van der Waals surface area contributed by atoms with Crippen molar-refractivity contribution in [2.24, 2.45) is 5.92 Å². The first-order valence-corrected chi connectivity index (χ1v) is 4.33. The fourth-order valence-electron chi connectivity index (χ4n) is 0.716. The molecule has 0 N–H and O–H groups in total. The molecule has 0 rings (SSSR count). The van der Waals surface area contributed by atoms with Crippen LogP contribution in [0.25, 0.3) is 0 Å². The zero-order chi connectivity index (χ0) is 8.15. The van der Waals surface area contributed by atoms with Crippen LogP contribution in [-0.2, 0) is 0 Å². The third-order valence-electron chi connectivity index (χ3n) is 1.72. The summed E-state index contributed by atoms with van der Waals surface area (Å²) in [5.74, 6) is 0.471. The Balaban J connectivity index is 4.27. The van der Waals surface area contributed by atoms with Crippen molar-refractivity contribution in [3.8, 4) is 0 Å². The van der Waals surface area contributed by atoms with Crippen LogP contribution in [0.3, 0.4) is 0 Å². The van der Waals surface area contributed by atoms with Gasteiger partial charge in [0.15, 0.2) is 0 Å². The Kier molecular flexibility index (Phi) is 4.79. The molecule has 0 aromatic heterocycles. The fraction of sp³-hybridized carbons (Fsp3) is 0.750. The average Bonchev–Trinajstić information content (AvgIpc) is 1.90. The first-order chi connectivity index (χ1) is 4.63. The highest BCUT2D eigenvalue weighted by Gasteiger charge is 2.04. The largest absolute Gasteiger partial charge is 0.160 e. The van der Waals surface area contributed by atoms with Crippen LogP contribution >= 0.6 is 12.1 Å². The van der Waals surface area contributed by atoms with Gasteiger partial charge in [0.25, 0.3) is 0 Å². The van der Waals surface area contributed by atoms with Gasteiger partial charge in [0, 0.05) is 4.91 Å². The molecule has 0 aromatic carbocycles. The molecule has 0 saturated carbocycles. The van der Waals surface area contributed by atoms with Gasteiger partial charge in [0.1, 0.15) is 0 Å². The van der Waals surface area contributed by atoms with E-state index in [1.165, 1.54) is 5.57 Å². The molecule has 0 heterocycles. The second-order valence-electron chi connectivity index (χ2n) is 2.69. The summed E-state index contributed by atoms with van der Waals surface area (Å²) >= 11 is 0.386. The van der Waals surface area contributed by atoms with Gasteiger partial charge in [-0.25, -0.2) is 0 Å². The third-order valence-corrected chi connectivity index (χ3v) is 2.52. The second-order valence-corrected chi connectivity index (χ2v) is 3.34. The summed E-state index contributed by atoms with van der Waals surface area (Å²) in [4.78, 5) is 0.884. The molecule has 0 nitrogen and oxygen atoms in total. The van der Waals surface area contributed by atoms with Crippen molar-refractivity contribution in [1.82, 2.24) is 0 Å². The van der Waals surface area contributed by atoms with Crippen LogP contribution in [0, 0.1) is 5.92 Å². The number of hydrogen-bond acceptors (Lipinski definition) is 1. The lowest BCUT2D eigenvalue weighted by molar-refractivity contribution is 0.757. The van der Waals surface area contributed by atoms with Gasteiger partial charge in [-0.3, -0.25) is 0 Å². The van der Waals surface area contributed by atoms with Crippen molar-refractivity contribution in [1.29, 1.82) is 0 Å².